The summed E-state index contributed by atoms with van der Waals surface area (Å²) in [6.45, 7) is 1.55. The van der Waals surface area contributed by atoms with Crippen molar-refractivity contribution in [1.82, 2.24) is 14.7 Å². The van der Waals surface area contributed by atoms with E-state index < -0.39 is 0 Å². The monoisotopic (exact) mass is 299 g/mol. The van der Waals surface area contributed by atoms with Gasteiger partial charge in [-0.1, -0.05) is 37.5 Å². The highest BCUT2D eigenvalue weighted by molar-refractivity contribution is 6.04. The summed E-state index contributed by atoms with van der Waals surface area (Å²) in [6, 6.07) is 7.21. The van der Waals surface area contributed by atoms with Crippen LogP contribution in [0.1, 0.15) is 42.6 Å². The Hall–Kier alpha value is -2.17. The number of nitrogens with zero attached hydrogens (tertiary/aromatic N) is 3. The summed E-state index contributed by atoms with van der Waals surface area (Å²) in [5.41, 5.74) is 0.220. The molecule has 3 rings (SSSR count). The quantitative estimate of drug-likeness (QED) is 0.812. The van der Waals surface area contributed by atoms with E-state index in [1.165, 1.54) is 23.9 Å². The van der Waals surface area contributed by atoms with Crippen molar-refractivity contribution in [2.45, 2.75) is 32.1 Å². The summed E-state index contributed by atoms with van der Waals surface area (Å²) in [4.78, 5) is 26.9. The van der Waals surface area contributed by atoms with E-state index in [1.807, 2.05) is 17.0 Å². The molecule has 1 amide bonds. The molecular formula is C17H21N3O2. The molecule has 1 aromatic carbocycles. The third kappa shape index (κ3) is 2.75. The Morgan fingerprint density at radius 2 is 1.59 bits per heavy atom. The maximum Gasteiger partial charge on any atom is 0.274 e. The normalized spacial score (nSPS) is 16.3. The summed E-state index contributed by atoms with van der Waals surface area (Å²) in [5, 5.41) is 5.44. The molecule has 0 spiro atoms. The second kappa shape index (κ2) is 6.30. The van der Waals surface area contributed by atoms with Crippen LogP contribution in [0.2, 0.25) is 0 Å². The molecule has 5 nitrogen and oxygen atoms in total. The van der Waals surface area contributed by atoms with Gasteiger partial charge in [-0.25, -0.2) is 4.68 Å². The zero-order valence-electron chi connectivity index (χ0n) is 12.9. The molecule has 0 N–H and O–H groups in total. The number of carbonyl (C=O) groups excluding carboxylic acids is 1. The smallest absolute Gasteiger partial charge is 0.274 e. The van der Waals surface area contributed by atoms with Crippen molar-refractivity contribution in [2.75, 3.05) is 13.1 Å². The minimum atomic E-state index is -0.167. The maximum atomic E-state index is 12.9. The first-order chi connectivity index (χ1) is 10.7. The van der Waals surface area contributed by atoms with Gasteiger partial charge in [0.1, 0.15) is 0 Å². The first-order valence-corrected chi connectivity index (χ1v) is 7.94. The molecule has 2 aromatic rings. The maximum absolute atomic E-state index is 12.9. The summed E-state index contributed by atoms with van der Waals surface area (Å²) < 4.78 is 1.26. The molecule has 0 unspecified atom stereocenters. The van der Waals surface area contributed by atoms with Gasteiger partial charge in [0.15, 0.2) is 5.69 Å². The van der Waals surface area contributed by atoms with E-state index in [0.29, 0.717) is 16.5 Å². The van der Waals surface area contributed by atoms with Gasteiger partial charge in [-0.05, 0) is 18.9 Å². The van der Waals surface area contributed by atoms with Crippen LogP contribution >= 0.6 is 0 Å². The van der Waals surface area contributed by atoms with Crippen LogP contribution in [0, 0.1) is 0 Å². The molecule has 1 aliphatic heterocycles. The highest BCUT2D eigenvalue weighted by Crippen LogP contribution is 2.17. The average Bonchev–Trinajstić information content (AvgIpc) is 2.50. The van der Waals surface area contributed by atoms with Gasteiger partial charge >= 0.3 is 0 Å². The lowest BCUT2D eigenvalue weighted by molar-refractivity contribution is 0.0736. The fourth-order valence-electron chi connectivity index (χ4n) is 3.06. The number of rotatable bonds is 1. The summed E-state index contributed by atoms with van der Waals surface area (Å²) in [7, 11) is 1.60. The van der Waals surface area contributed by atoms with Gasteiger partial charge in [-0.2, -0.15) is 5.10 Å². The largest absolute Gasteiger partial charge is 0.337 e. The number of likely N-dealkylation sites (tertiary alicyclic amines) is 1. The highest BCUT2D eigenvalue weighted by atomic mass is 16.2. The molecule has 0 bridgehead atoms. The number of carbonyl (C=O) groups is 1. The Kier molecular flexibility index (Phi) is 4.22. The number of hydrogen-bond acceptors (Lipinski definition) is 3. The predicted octanol–water partition coefficient (Wildman–Crippen LogP) is 2.34. The molecule has 0 aliphatic carbocycles. The van der Waals surface area contributed by atoms with Gasteiger partial charge < -0.3 is 4.90 Å². The fourth-order valence-corrected chi connectivity index (χ4v) is 3.06. The summed E-state index contributed by atoms with van der Waals surface area (Å²) in [6.07, 6.45) is 5.67. The first kappa shape index (κ1) is 14.8. The van der Waals surface area contributed by atoms with Crippen LogP contribution < -0.4 is 5.56 Å². The van der Waals surface area contributed by atoms with E-state index in [-0.39, 0.29) is 11.5 Å². The summed E-state index contributed by atoms with van der Waals surface area (Å²) >= 11 is 0. The number of amides is 1. The Bertz CT molecular complexity index is 743. The lowest BCUT2D eigenvalue weighted by Gasteiger charge is -2.25. The number of fused-ring (bicyclic) bond motifs is 1. The third-order valence-electron chi connectivity index (χ3n) is 4.30. The van der Waals surface area contributed by atoms with Gasteiger partial charge in [0.2, 0.25) is 0 Å². The Labute approximate surface area is 129 Å². The van der Waals surface area contributed by atoms with Gasteiger partial charge in [0.25, 0.3) is 11.5 Å². The van der Waals surface area contributed by atoms with Crippen LogP contribution in [-0.2, 0) is 7.05 Å². The zero-order chi connectivity index (χ0) is 15.5. The van der Waals surface area contributed by atoms with Crippen LogP contribution in [-0.4, -0.2) is 33.7 Å². The second-order valence-electron chi connectivity index (χ2n) is 5.88. The average molecular weight is 299 g/mol. The van der Waals surface area contributed by atoms with Crippen molar-refractivity contribution in [1.29, 1.82) is 0 Å². The van der Waals surface area contributed by atoms with E-state index in [4.69, 9.17) is 0 Å². The number of aromatic nitrogens is 2. The Morgan fingerprint density at radius 3 is 2.27 bits per heavy atom. The van der Waals surface area contributed by atoms with Crippen LogP contribution in [0.15, 0.2) is 29.1 Å². The number of hydrogen-bond donors (Lipinski definition) is 0. The van der Waals surface area contributed by atoms with E-state index in [2.05, 4.69) is 5.10 Å². The van der Waals surface area contributed by atoms with E-state index in [0.717, 1.165) is 25.9 Å². The third-order valence-corrected chi connectivity index (χ3v) is 4.30. The van der Waals surface area contributed by atoms with Crippen molar-refractivity contribution in [3.05, 3.63) is 40.3 Å². The number of aryl methyl sites for hydroxylation is 1. The summed E-state index contributed by atoms with van der Waals surface area (Å²) in [5.74, 6) is -0.0614. The minimum Gasteiger partial charge on any atom is -0.337 e. The molecule has 22 heavy (non-hydrogen) atoms. The van der Waals surface area contributed by atoms with Crippen LogP contribution in [0.4, 0.5) is 0 Å². The van der Waals surface area contributed by atoms with Crippen molar-refractivity contribution in [2.24, 2.45) is 7.05 Å². The van der Waals surface area contributed by atoms with Crippen LogP contribution in [0.5, 0.6) is 0 Å². The van der Waals surface area contributed by atoms with Gasteiger partial charge in [-0.15, -0.1) is 0 Å². The van der Waals surface area contributed by atoms with Crippen molar-refractivity contribution < 1.29 is 4.79 Å². The minimum absolute atomic E-state index is 0.0614. The van der Waals surface area contributed by atoms with Gasteiger partial charge in [0, 0.05) is 25.5 Å². The van der Waals surface area contributed by atoms with Crippen molar-refractivity contribution in [3.8, 4) is 0 Å². The molecular weight excluding hydrogens is 278 g/mol. The standard InChI is InChI=1S/C17H21N3O2/c1-19-16(21)14-10-6-5-9-13(14)15(18-19)17(22)20-11-7-3-2-4-8-12-20/h5-6,9-10H,2-4,7-8,11-12H2,1H3. The molecule has 0 saturated carbocycles. The fraction of sp³-hybridized carbons (Fsp3) is 0.471. The predicted molar refractivity (Wildman–Crippen MR) is 86.0 cm³/mol. The second-order valence-corrected chi connectivity index (χ2v) is 5.88. The lowest BCUT2D eigenvalue weighted by atomic mass is 10.1. The van der Waals surface area contributed by atoms with Crippen LogP contribution in [0.25, 0.3) is 10.8 Å². The van der Waals surface area contributed by atoms with E-state index in [1.54, 1.807) is 19.2 Å². The molecule has 5 heteroatoms. The van der Waals surface area contributed by atoms with E-state index >= 15 is 0 Å². The molecule has 1 saturated heterocycles. The lowest BCUT2D eigenvalue weighted by Crippen LogP contribution is -2.36. The molecule has 0 radical (unpaired) electrons. The molecule has 116 valence electrons. The highest BCUT2D eigenvalue weighted by Gasteiger charge is 2.21. The van der Waals surface area contributed by atoms with Gasteiger partial charge in [-0.3, -0.25) is 9.59 Å². The van der Waals surface area contributed by atoms with E-state index in [9.17, 15) is 9.59 Å². The molecule has 0 atom stereocenters. The van der Waals surface area contributed by atoms with Gasteiger partial charge in [0.05, 0.1) is 5.39 Å². The Balaban J connectivity index is 2.03. The molecule has 2 heterocycles. The van der Waals surface area contributed by atoms with Crippen LogP contribution in [0.3, 0.4) is 0 Å². The zero-order valence-corrected chi connectivity index (χ0v) is 12.9. The Morgan fingerprint density at radius 1 is 1.00 bits per heavy atom. The molecule has 1 aromatic heterocycles. The number of benzene rings is 1. The molecule has 1 aliphatic rings. The van der Waals surface area contributed by atoms with Crippen molar-refractivity contribution >= 4 is 16.7 Å². The SMILES string of the molecule is Cn1nc(C(=O)N2CCCCCCC2)c2ccccc2c1=O. The molecule has 1 fully saturated rings. The first-order valence-electron chi connectivity index (χ1n) is 7.94. The van der Waals surface area contributed by atoms with Crippen molar-refractivity contribution in [3.63, 3.8) is 0 Å². The topological polar surface area (TPSA) is 55.2 Å².